The van der Waals surface area contributed by atoms with Gasteiger partial charge in [-0.2, -0.15) is 0 Å². The lowest BCUT2D eigenvalue weighted by Crippen LogP contribution is -2.36. The summed E-state index contributed by atoms with van der Waals surface area (Å²) in [4.78, 5) is 26.5. The van der Waals surface area contributed by atoms with Gasteiger partial charge in [0.25, 0.3) is 5.91 Å². The van der Waals surface area contributed by atoms with Crippen molar-refractivity contribution in [1.29, 1.82) is 0 Å². The van der Waals surface area contributed by atoms with Crippen molar-refractivity contribution in [2.75, 3.05) is 25.0 Å². The lowest BCUT2D eigenvalue weighted by molar-refractivity contribution is -0.129. The Kier molecular flexibility index (Phi) is 6.30. The molecule has 1 aromatic heterocycles. The molecule has 0 saturated carbocycles. The topological polar surface area (TPSA) is 74.6 Å². The van der Waals surface area contributed by atoms with Gasteiger partial charge in [0.1, 0.15) is 5.76 Å². The minimum atomic E-state index is -0.177. The van der Waals surface area contributed by atoms with Gasteiger partial charge in [-0.05, 0) is 43.2 Å². The smallest absolute Gasteiger partial charge is 0.251 e. The second-order valence-electron chi connectivity index (χ2n) is 6.49. The summed E-state index contributed by atoms with van der Waals surface area (Å²) in [5, 5.41) is 5.95. The Morgan fingerprint density at radius 1 is 1.04 bits per heavy atom. The molecule has 0 atom stereocenters. The molecule has 6 nitrogen and oxygen atoms in total. The number of carbonyl (C=O) groups excluding carboxylic acids is 2. The van der Waals surface area contributed by atoms with Crippen LogP contribution in [0.25, 0.3) is 0 Å². The van der Waals surface area contributed by atoms with Gasteiger partial charge in [-0.3, -0.25) is 9.59 Å². The maximum Gasteiger partial charge on any atom is 0.251 e. The first-order valence-electron chi connectivity index (χ1n) is 9.15. The van der Waals surface area contributed by atoms with Gasteiger partial charge in [0.15, 0.2) is 0 Å². The van der Waals surface area contributed by atoms with Gasteiger partial charge in [0.2, 0.25) is 5.91 Å². The van der Waals surface area contributed by atoms with Gasteiger partial charge in [0.05, 0.1) is 19.4 Å². The Labute approximate surface area is 153 Å². The molecule has 1 aliphatic heterocycles. The SMILES string of the molecule is O=C(NCc1ccco1)c1cccc(NCC(=O)N2CCCCCC2)c1. The molecule has 0 spiro atoms. The Hall–Kier alpha value is -2.76. The highest BCUT2D eigenvalue weighted by atomic mass is 16.3. The minimum absolute atomic E-state index is 0.111. The Morgan fingerprint density at radius 2 is 1.85 bits per heavy atom. The van der Waals surface area contributed by atoms with E-state index in [4.69, 9.17) is 4.42 Å². The van der Waals surface area contributed by atoms with Crippen molar-refractivity contribution < 1.29 is 14.0 Å². The highest BCUT2D eigenvalue weighted by molar-refractivity contribution is 5.95. The third-order valence-electron chi connectivity index (χ3n) is 4.53. The zero-order valence-electron chi connectivity index (χ0n) is 14.9. The number of amides is 2. The number of hydrogen-bond donors (Lipinski definition) is 2. The number of nitrogens with one attached hydrogen (secondary N) is 2. The summed E-state index contributed by atoms with van der Waals surface area (Å²) < 4.78 is 5.21. The van der Waals surface area contributed by atoms with Crippen LogP contribution in [0.1, 0.15) is 41.8 Å². The molecular weight excluding hydrogens is 330 g/mol. The highest BCUT2D eigenvalue weighted by Gasteiger charge is 2.15. The number of rotatable bonds is 6. The van der Waals surface area contributed by atoms with Crippen LogP contribution in [0.4, 0.5) is 5.69 Å². The van der Waals surface area contributed by atoms with Crippen LogP contribution in [0.3, 0.4) is 0 Å². The molecule has 26 heavy (non-hydrogen) atoms. The molecule has 0 unspecified atom stereocenters. The van der Waals surface area contributed by atoms with Gasteiger partial charge < -0.3 is 20.0 Å². The van der Waals surface area contributed by atoms with E-state index in [0.29, 0.717) is 17.9 Å². The first-order valence-corrected chi connectivity index (χ1v) is 9.15. The second kappa shape index (κ2) is 9.08. The monoisotopic (exact) mass is 355 g/mol. The van der Waals surface area contributed by atoms with Crippen molar-refractivity contribution in [1.82, 2.24) is 10.2 Å². The fraction of sp³-hybridized carbons (Fsp3) is 0.400. The quantitative estimate of drug-likeness (QED) is 0.835. The molecule has 1 aromatic carbocycles. The van der Waals surface area contributed by atoms with Crippen LogP contribution in [0.2, 0.25) is 0 Å². The third-order valence-corrected chi connectivity index (χ3v) is 4.53. The second-order valence-corrected chi connectivity index (χ2v) is 6.49. The summed E-state index contributed by atoms with van der Waals surface area (Å²) in [7, 11) is 0. The number of anilines is 1. The van der Waals surface area contributed by atoms with E-state index in [0.717, 1.165) is 31.6 Å². The largest absolute Gasteiger partial charge is 0.467 e. The third kappa shape index (κ3) is 5.12. The van der Waals surface area contributed by atoms with Crippen LogP contribution in [0.5, 0.6) is 0 Å². The Morgan fingerprint density at radius 3 is 2.58 bits per heavy atom. The summed E-state index contributed by atoms with van der Waals surface area (Å²) in [5.74, 6) is 0.638. The molecule has 138 valence electrons. The van der Waals surface area contributed by atoms with Crippen LogP contribution in [-0.2, 0) is 11.3 Å². The zero-order valence-corrected chi connectivity index (χ0v) is 14.9. The van der Waals surface area contributed by atoms with Gasteiger partial charge >= 0.3 is 0 Å². The molecule has 0 aliphatic carbocycles. The Balaban J connectivity index is 1.51. The summed E-state index contributed by atoms with van der Waals surface area (Å²) >= 11 is 0. The summed E-state index contributed by atoms with van der Waals surface area (Å²) in [6.45, 7) is 2.28. The molecule has 2 heterocycles. The van der Waals surface area contributed by atoms with Gasteiger partial charge in [-0.1, -0.05) is 18.9 Å². The van der Waals surface area contributed by atoms with E-state index < -0.39 is 0 Å². The van der Waals surface area contributed by atoms with Crippen molar-refractivity contribution in [3.8, 4) is 0 Å². The van der Waals surface area contributed by atoms with E-state index in [9.17, 15) is 9.59 Å². The fourth-order valence-electron chi connectivity index (χ4n) is 3.06. The van der Waals surface area contributed by atoms with E-state index >= 15 is 0 Å². The molecule has 2 amide bonds. The van der Waals surface area contributed by atoms with E-state index in [2.05, 4.69) is 10.6 Å². The summed E-state index contributed by atoms with van der Waals surface area (Å²) in [6, 6.07) is 10.8. The van der Waals surface area contributed by atoms with Gasteiger partial charge in [0, 0.05) is 24.3 Å². The van der Waals surface area contributed by atoms with E-state index in [1.54, 1.807) is 30.5 Å². The highest BCUT2D eigenvalue weighted by Crippen LogP contribution is 2.13. The molecule has 1 saturated heterocycles. The zero-order chi connectivity index (χ0) is 18.2. The molecule has 0 radical (unpaired) electrons. The Bertz CT molecular complexity index is 720. The molecule has 2 N–H and O–H groups in total. The minimum Gasteiger partial charge on any atom is -0.467 e. The average Bonchev–Trinajstić information content (AvgIpc) is 3.04. The van der Waals surface area contributed by atoms with Crippen LogP contribution in [0.15, 0.2) is 47.1 Å². The molecule has 1 aliphatic rings. The lowest BCUT2D eigenvalue weighted by Gasteiger charge is -2.20. The number of likely N-dealkylation sites (tertiary alicyclic amines) is 1. The molecule has 3 rings (SSSR count). The van der Waals surface area contributed by atoms with Gasteiger partial charge in [-0.25, -0.2) is 0 Å². The first-order chi connectivity index (χ1) is 12.7. The normalized spacial score (nSPS) is 14.5. The van der Waals surface area contributed by atoms with Crippen molar-refractivity contribution in [2.24, 2.45) is 0 Å². The summed E-state index contributed by atoms with van der Waals surface area (Å²) in [5.41, 5.74) is 1.31. The van der Waals surface area contributed by atoms with E-state index in [1.807, 2.05) is 17.0 Å². The van der Waals surface area contributed by atoms with Crippen LogP contribution in [-0.4, -0.2) is 36.3 Å². The molecule has 0 bridgehead atoms. The van der Waals surface area contributed by atoms with Crippen molar-refractivity contribution >= 4 is 17.5 Å². The van der Waals surface area contributed by atoms with Crippen LogP contribution >= 0.6 is 0 Å². The van der Waals surface area contributed by atoms with E-state index in [-0.39, 0.29) is 18.4 Å². The molecule has 2 aromatic rings. The fourth-order valence-corrected chi connectivity index (χ4v) is 3.06. The standard InChI is InChI=1S/C20H25N3O3/c24-19(23-10-3-1-2-4-11-23)15-21-17-8-5-7-16(13-17)20(25)22-14-18-9-6-12-26-18/h5-9,12-13,21H,1-4,10-11,14-15H2,(H,22,25). The first kappa shape index (κ1) is 18.0. The van der Waals surface area contributed by atoms with Crippen LogP contribution in [0, 0.1) is 0 Å². The summed E-state index contributed by atoms with van der Waals surface area (Å²) in [6.07, 6.45) is 6.14. The number of carbonyl (C=O) groups is 2. The molecule has 6 heteroatoms. The number of hydrogen-bond acceptors (Lipinski definition) is 4. The maximum absolute atomic E-state index is 12.4. The van der Waals surface area contributed by atoms with Crippen molar-refractivity contribution in [3.63, 3.8) is 0 Å². The maximum atomic E-state index is 12.4. The molecule has 1 fully saturated rings. The van der Waals surface area contributed by atoms with Crippen LogP contribution < -0.4 is 10.6 Å². The number of benzene rings is 1. The number of furan rings is 1. The number of nitrogens with zero attached hydrogens (tertiary/aromatic N) is 1. The van der Waals surface area contributed by atoms with E-state index in [1.165, 1.54) is 12.8 Å². The molecular formula is C20H25N3O3. The average molecular weight is 355 g/mol. The lowest BCUT2D eigenvalue weighted by atomic mass is 10.2. The van der Waals surface area contributed by atoms with Gasteiger partial charge in [-0.15, -0.1) is 0 Å². The van der Waals surface area contributed by atoms with Crippen molar-refractivity contribution in [3.05, 3.63) is 54.0 Å². The predicted molar refractivity (Wildman–Crippen MR) is 99.9 cm³/mol. The van der Waals surface area contributed by atoms with Crippen molar-refractivity contribution in [2.45, 2.75) is 32.2 Å². The predicted octanol–water partition coefficient (Wildman–Crippen LogP) is 3.02.